The Morgan fingerprint density at radius 3 is 2.57 bits per heavy atom. The van der Waals surface area contributed by atoms with Gasteiger partial charge in [-0.3, -0.25) is 0 Å². The molecule has 2 aromatic carbocycles. The molecule has 0 aromatic heterocycles. The number of fused-ring (bicyclic) bond motifs is 1. The zero-order chi connectivity index (χ0) is 20.9. The zero-order valence-corrected chi connectivity index (χ0v) is 21.6. The molecule has 0 spiro atoms. The third kappa shape index (κ3) is 6.08. The van der Waals surface area contributed by atoms with Crippen LogP contribution in [0.25, 0.3) is 0 Å². The van der Waals surface area contributed by atoms with Crippen LogP contribution < -0.4 is 61.5 Å². The Morgan fingerprint density at radius 1 is 1.13 bits per heavy atom. The van der Waals surface area contributed by atoms with E-state index in [1.165, 1.54) is 22.5 Å². The number of nitrogens with one attached hydrogen (secondary N) is 1. The third-order valence-electron chi connectivity index (χ3n) is 5.40. The average molecular weight is 429 g/mol. The van der Waals surface area contributed by atoms with Crippen molar-refractivity contribution in [2.75, 3.05) is 0 Å². The second-order valence-corrected chi connectivity index (χ2v) is 8.04. The van der Waals surface area contributed by atoms with Gasteiger partial charge >= 0.3 is 51.4 Å². The topological polar surface area (TPSA) is 57.1 Å². The number of carboxylic acid groups (broad SMARTS) is 1. The quantitative estimate of drug-likeness (QED) is 0.285. The molecule has 0 amide bonds. The SMILES string of the molecule is Cc1ccc2c(c1)C(C)(C)C(=CC=[NH+]c1ccccc1)[N+]2=CCCCCC(=O)[O-].[K+]. The second kappa shape index (κ2) is 11.3. The van der Waals surface area contributed by atoms with Gasteiger partial charge in [0.15, 0.2) is 12.4 Å². The van der Waals surface area contributed by atoms with E-state index in [0.717, 1.165) is 18.5 Å². The fourth-order valence-electron chi connectivity index (χ4n) is 3.80. The largest absolute Gasteiger partial charge is 1.00 e. The molecular weight excluding hydrogens is 399 g/mol. The summed E-state index contributed by atoms with van der Waals surface area (Å²) in [5, 5.41) is 10.6. The number of carbonyl (C=O) groups is 1. The van der Waals surface area contributed by atoms with Gasteiger partial charge in [-0.25, -0.2) is 4.99 Å². The van der Waals surface area contributed by atoms with Gasteiger partial charge < -0.3 is 9.90 Å². The fourth-order valence-corrected chi connectivity index (χ4v) is 3.80. The average Bonchev–Trinajstić information content (AvgIpc) is 2.89. The van der Waals surface area contributed by atoms with Crippen molar-refractivity contribution in [2.45, 2.75) is 51.9 Å². The molecule has 0 radical (unpaired) electrons. The van der Waals surface area contributed by atoms with Crippen molar-refractivity contribution >= 4 is 29.8 Å². The first-order valence-corrected chi connectivity index (χ1v) is 10.2. The summed E-state index contributed by atoms with van der Waals surface area (Å²) in [7, 11) is 0. The number of rotatable bonds is 7. The molecule has 0 saturated carbocycles. The molecule has 0 fully saturated rings. The molecule has 0 atom stereocenters. The number of hydrogen-bond acceptors (Lipinski definition) is 2. The Hall–Kier alpha value is -1.37. The van der Waals surface area contributed by atoms with Crippen LogP contribution in [-0.2, 0) is 10.2 Å². The molecule has 0 saturated heterocycles. The molecule has 3 rings (SSSR count). The van der Waals surface area contributed by atoms with Gasteiger partial charge in [0.1, 0.15) is 0 Å². The van der Waals surface area contributed by atoms with E-state index in [2.05, 4.69) is 60.8 Å². The number of aryl methyl sites for hydroxylation is 1. The first kappa shape index (κ1) is 24.9. The van der Waals surface area contributed by atoms with Crippen molar-refractivity contribution in [3.63, 3.8) is 0 Å². The smallest absolute Gasteiger partial charge is 0.550 e. The molecule has 4 nitrogen and oxygen atoms in total. The Labute approximate surface area is 221 Å². The number of benzene rings is 2. The predicted molar refractivity (Wildman–Crippen MR) is 115 cm³/mol. The van der Waals surface area contributed by atoms with E-state index in [-0.39, 0.29) is 63.2 Å². The van der Waals surface area contributed by atoms with Crippen molar-refractivity contribution in [1.82, 2.24) is 0 Å². The van der Waals surface area contributed by atoms with E-state index < -0.39 is 5.97 Å². The van der Waals surface area contributed by atoms with Gasteiger partial charge in [-0.2, -0.15) is 4.58 Å². The number of allylic oxidation sites excluding steroid dienone is 2. The van der Waals surface area contributed by atoms with Crippen molar-refractivity contribution < 1.29 is 70.9 Å². The number of hydrogen-bond donors (Lipinski definition) is 1. The second-order valence-electron chi connectivity index (χ2n) is 8.04. The van der Waals surface area contributed by atoms with Crippen LogP contribution in [0.15, 0.2) is 60.3 Å². The summed E-state index contributed by atoms with van der Waals surface area (Å²) in [6.45, 7) is 6.62. The maximum Gasteiger partial charge on any atom is 1.00 e. The summed E-state index contributed by atoms with van der Waals surface area (Å²) < 4.78 is 2.26. The van der Waals surface area contributed by atoms with Crippen LogP contribution in [0.1, 0.15) is 50.7 Å². The molecule has 0 bridgehead atoms. The molecule has 30 heavy (non-hydrogen) atoms. The van der Waals surface area contributed by atoms with E-state index in [1.54, 1.807) is 0 Å². The minimum atomic E-state index is -0.977. The number of aliphatic carboxylic acids is 1. The van der Waals surface area contributed by atoms with Crippen LogP contribution in [-0.4, -0.2) is 23.0 Å². The number of nitrogens with zero attached hydrogens (tertiary/aromatic N) is 1. The van der Waals surface area contributed by atoms with Gasteiger partial charge in [0.25, 0.3) is 0 Å². The van der Waals surface area contributed by atoms with Gasteiger partial charge in [0.05, 0.1) is 11.5 Å². The maximum atomic E-state index is 10.6. The standard InChI is InChI=1S/C25H28N2O2.K/c1-19-13-14-22-21(18-19)25(2,3)23(15-16-26-20-10-6-4-7-11-20)27(22)17-9-5-8-12-24(28)29;/h4,6-7,10-11,13-18H,5,8-9,12H2,1-3H3;/q;+1/p+1. The third-order valence-corrected chi connectivity index (χ3v) is 5.40. The minimum absolute atomic E-state index is 0. The van der Waals surface area contributed by atoms with Crippen molar-refractivity contribution in [3.05, 3.63) is 71.4 Å². The van der Waals surface area contributed by atoms with Gasteiger partial charge in [0, 0.05) is 36.2 Å². The molecule has 5 heteroatoms. The normalized spacial score (nSPS) is 17.3. The molecule has 1 N–H and O–H groups in total. The Balaban J connectivity index is 0.00000320. The summed E-state index contributed by atoms with van der Waals surface area (Å²) in [4.78, 5) is 14.0. The van der Waals surface area contributed by atoms with E-state index in [1.807, 2.05) is 36.5 Å². The van der Waals surface area contributed by atoms with Gasteiger partial charge in [-0.15, -0.1) is 0 Å². The molecule has 0 unspecified atom stereocenters. The molecule has 2 aromatic rings. The van der Waals surface area contributed by atoms with Crippen LogP contribution in [0.5, 0.6) is 0 Å². The molecule has 1 heterocycles. The summed E-state index contributed by atoms with van der Waals surface area (Å²) in [6.07, 6.45) is 8.71. The summed E-state index contributed by atoms with van der Waals surface area (Å²) >= 11 is 0. The Morgan fingerprint density at radius 2 is 1.87 bits per heavy atom. The maximum absolute atomic E-state index is 10.6. The molecule has 150 valence electrons. The summed E-state index contributed by atoms with van der Waals surface area (Å²) in [5.74, 6) is -0.977. The minimum Gasteiger partial charge on any atom is -0.550 e. The summed E-state index contributed by atoms with van der Waals surface area (Å²) in [6, 6.07) is 16.7. The Kier molecular flexibility index (Phi) is 9.38. The number of unbranched alkanes of at least 4 members (excludes halogenated alkanes) is 2. The Bertz CT molecular complexity index is 976. The van der Waals surface area contributed by atoms with E-state index in [0.29, 0.717) is 6.42 Å². The van der Waals surface area contributed by atoms with E-state index in [9.17, 15) is 9.90 Å². The first-order chi connectivity index (χ1) is 13.9. The van der Waals surface area contributed by atoms with E-state index >= 15 is 0 Å². The van der Waals surface area contributed by atoms with E-state index in [4.69, 9.17) is 0 Å². The van der Waals surface area contributed by atoms with Crippen LogP contribution in [0.3, 0.4) is 0 Å². The molecule has 0 aliphatic carbocycles. The predicted octanol–water partition coefficient (Wildman–Crippen LogP) is -0.318. The molecular formula is C25H29KN2O2+2. The monoisotopic (exact) mass is 428 g/mol. The number of carbonyl (C=O) groups excluding carboxylic acids is 1. The van der Waals surface area contributed by atoms with Crippen LogP contribution in [0.2, 0.25) is 0 Å². The zero-order valence-electron chi connectivity index (χ0n) is 18.4. The number of carboxylic acids is 1. The molecule has 1 aliphatic heterocycles. The van der Waals surface area contributed by atoms with Gasteiger partial charge in [-0.1, -0.05) is 29.8 Å². The summed E-state index contributed by atoms with van der Waals surface area (Å²) in [5.41, 5.74) is 5.87. The van der Waals surface area contributed by atoms with Crippen molar-refractivity contribution in [3.8, 4) is 0 Å². The fraction of sp³-hybridized carbons (Fsp3) is 0.320. The van der Waals surface area contributed by atoms with Gasteiger partial charge in [-0.05, 0) is 46.1 Å². The van der Waals surface area contributed by atoms with Crippen molar-refractivity contribution in [1.29, 1.82) is 0 Å². The first-order valence-electron chi connectivity index (χ1n) is 10.2. The van der Waals surface area contributed by atoms with Crippen LogP contribution in [0.4, 0.5) is 11.4 Å². The van der Waals surface area contributed by atoms with Crippen LogP contribution >= 0.6 is 0 Å². The van der Waals surface area contributed by atoms with Crippen molar-refractivity contribution in [2.24, 2.45) is 0 Å². The molecule has 1 aliphatic rings. The number of para-hydroxylation sites is 1. The van der Waals surface area contributed by atoms with Gasteiger partial charge in [0.2, 0.25) is 17.1 Å². The van der Waals surface area contributed by atoms with Crippen LogP contribution in [0, 0.1) is 6.92 Å².